The molecule has 2 N–H and O–H groups in total. The summed E-state index contributed by atoms with van der Waals surface area (Å²) in [4.78, 5) is 16.0. The van der Waals surface area contributed by atoms with Crippen LogP contribution in [0.4, 0.5) is 10.8 Å². The molecule has 1 aromatic heterocycles. The Morgan fingerprint density at radius 2 is 2.12 bits per heavy atom. The summed E-state index contributed by atoms with van der Waals surface area (Å²) < 4.78 is 4.71. The Kier molecular flexibility index (Phi) is 4.69. The highest BCUT2D eigenvalue weighted by Crippen LogP contribution is 2.34. The highest BCUT2D eigenvalue weighted by Gasteiger charge is 2.11. The number of esters is 1. The van der Waals surface area contributed by atoms with E-state index in [1.165, 1.54) is 24.5 Å². The fourth-order valence-corrected chi connectivity index (χ4v) is 3.04. The topological polar surface area (TPSA) is 71.5 Å². The monoisotopic (exact) mass is 360 g/mol. The number of halogens is 1. The van der Waals surface area contributed by atoms with Crippen LogP contribution in [-0.2, 0) is 4.74 Å². The zero-order valence-electron chi connectivity index (χ0n) is 12.6. The standard InChI is InChI=1S/C17H13ClN2O3S/c1-23-16(22)10-3-2-4-12(7-10)19-17-20-14(9-24-17)13-8-11(18)5-6-15(13)21/h2-9,21H,1H3,(H,19,20). The number of aromatic nitrogens is 1. The van der Waals surface area contributed by atoms with Crippen molar-refractivity contribution in [2.45, 2.75) is 0 Å². The van der Waals surface area contributed by atoms with Crippen molar-refractivity contribution in [2.24, 2.45) is 0 Å². The smallest absolute Gasteiger partial charge is 0.337 e. The first-order valence-electron chi connectivity index (χ1n) is 6.96. The van der Waals surface area contributed by atoms with Gasteiger partial charge in [0, 0.05) is 21.7 Å². The van der Waals surface area contributed by atoms with Gasteiger partial charge in [-0.3, -0.25) is 0 Å². The second kappa shape index (κ2) is 6.90. The number of nitrogens with one attached hydrogen (secondary N) is 1. The largest absolute Gasteiger partial charge is 0.507 e. The molecule has 0 saturated heterocycles. The van der Waals surface area contributed by atoms with Gasteiger partial charge in [-0.2, -0.15) is 0 Å². The summed E-state index contributed by atoms with van der Waals surface area (Å²) >= 11 is 7.35. The number of phenols is 1. The van der Waals surface area contributed by atoms with E-state index in [1.807, 2.05) is 11.4 Å². The van der Waals surface area contributed by atoms with E-state index in [9.17, 15) is 9.90 Å². The molecule has 0 aliphatic heterocycles. The van der Waals surface area contributed by atoms with Gasteiger partial charge in [-0.15, -0.1) is 11.3 Å². The number of methoxy groups -OCH3 is 1. The molecule has 24 heavy (non-hydrogen) atoms. The molecule has 5 nitrogen and oxygen atoms in total. The molecule has 0 aliphatic carbocycles. The van der Waals surface area contributed by atoms with Crippen LogP contribution in [0.15, 0.2) is 47.8 Å². The molecule has 0 aliphatic rings. The number of phenolic OH excluding ortho intramolecular Hbond substituents is 1. The molecule has 0 bridgehead atoms. The average molecular weight is 361 g/mol. The highest BCUT2D eigenvalue weighted by molar-refractivity contribution is 7.14. The molecule has 7 heteroatoms. The number of carbonyl (C=O) groups is 1. The number of anilines is 2. The maximum Gasteiger partial charge on any atom is 0.337 e. The Labute approximate surface area is 147 Å². The molecular weight excluding hydrogens is 348 g/mol. The van der Waals surface area contributed by atoms with Crippen LogP contribution in [-0.4, -0.2) is 23.2 Å². The first kappa shape index (κ1) is 16.3. The van der Waals surface area contributed by atoms with Gasteiger partial charge in [-0.05, 0) is 36.4 Å². The number of carbonyl (C=O) groups excluding carboxylic acids is 1. The molecule has 0 spiro atoms. The van der Waals surface area contributed by atoms with Crippen LogP contribution >= 0.6 is 22.9 Å². The van der Waals surface area contributed by atoms with Crippen LogP contribution < -0.4 is 5.32 Å². The van der Waals surface area contributed by atoms with Crippen molar-refractivity contribution in [2.75, 3.05) is 12.4 Å². The lowest BCUT2D eigenvalue weighted by Crippen LogP contribution is -2.01. The van der Waals surface area contributed by atoms with Crippen LogP contribution in [0.2, 0.25) is 5.02 Å². The summed E-state index contributed by atoms with van der Waals surface area (Å²) in [7, 11) is 1.34. The molecule has 0 radical (unpaired) electrons. The van der Waals surface area contributed by atoms with E-state index in [4.69, 9.17) is 16.3 Å². The molecule has 1 heterocycles. The molecule has 3 rings (SSSR count). The predicted octanol–water partition coefficient (Wildman–Crippen LogP) is 4.70. The number of hydrogen-bond acceptors (Lipinski definition) is 6. The molecule has 0 atom stereocenters. The molecule has 3 aromatic rings. The van der Waals surface area contributed by atoms with E-state index in [-0.39, 0.29) is 5.75 Å². The third kappa shape index (κ3) is 3.50. The summed E-state index contributed by atoms with van der Waals surface area (Å²) in [5.74, 6) is -0.286. The zero-order valence-corrected chi connectivity index (χ0v) is 14.2. The number of ether oxygens (including phenoxy) is 1. The maximum absolute atomic E-state index is 11.6. The minimum Gasteiger partial charge on any atom is -0.507 e. The van der Waals surface area contributed by atoms with Gasteiger partial charge in [-0.25, -0.2) is 9.78 Å². The van der Waals surface area contributed by atoms with Crippen molar-refractivity contribution in [3.05, 3.63) is 58.4 Å². The Bertz CT molecular complexity index is 895. The van der Waals surface area contributed by atoms with Crippen LogP contribution in [0.1, 0.15) is 10.4 Å². The normalized spacial score (nSPS) is 10.4. The SMILES string of the molecule is COC(=O)c1cccc(Nc2nc(-c3cc(Cl)ccc3O)cs2)c1. The van der Waals surface area contributed by atoms with Crippen molar-refractivity contribution in [3.63, 3.8) is 0 Å². The molecule has 0 amide bonds. The maximum atomic E-state index is 11.6. The van der Waals surface area contributed by atoms with Crippen molar-refractivity contribution < 1.29 is 14.6 Å². The number of hydrogen-bond donors (Lipinski definition) is 2. The quantitative estimate of drug-likeness (QED) is 0.660. The number of aromatic hydroxyl groups is 1. The van der Waals surface area contributed by atoms with Gasteiger partial charge in [0.1, 0.15) is 5.75 Å². The van der Waals surface area contributed by atoms with Gasteiger partial charge in [0.2, 0.25) is 0 Å². The Morgan fingerprint density at radius 1 is 1.29 bits per heavy atom. The Balaban J connectivity index is 1.84. The molecular formula is C17H13ClN2O3S. The third-order valence-electron chi connectivity index (χ3n) is 3.27. The second-order valence-electron chi connectivity index (χ2n) is 4.90. The van der Waals surface area contributed by atoms with Gasteiger partial charge >= 0.3 is 5.97 Å². The first-order chi connectivity index (χ1) is 11.6. The summed E-state index contributed by atoms with van der Waals surface area (Å²) in [5, 5.41) is 16.1. The minimum absolute atomic E-state index is 0.115. The van der Waals surface area contributed by atoms with Gasteiger partial charge < -0.3 is 15.2 Å². The van der Waals surface area contributed by atoms with Gasteiger partial charge in [0.15, 0.2) is 5.13 Å². The number of thiazole rings is 1. The lowest BCUT2D eigenvalue weighted by Gasteiger charge is -2.05. The molecule has 0 fully saturated rings. The van der Waals surface area contributed by atoms with Crippen molar-refractivity contribution >= 4 is 39.7 Å². The molecule has 2 aromatic carbocycles. The van der Waals surface area contributed by atoms with E-state index in [0.717, 1.165) is 0 Å². The van der Waals surface area contributed by atoms with Crippen LogP contribution in [0, 0.1) is 0 Å². The van der Waals surface area contributed by atoms with Crippen LogP contribution in [0.25, 0.3) is 11.3 Å². The summed E-state index contributed by atoms with van der Waals surface area (Å²) in [6, 6.07) is 11.7. The molecule has 0 saturated carbocycles. The van der Waals surface area contributed by atoms with E-state index in [1.54, 1.807) is 30.3 Å². The second-order valence-corrected chi connectivity index (χ2v) is 6.19. The van der Waals surface area contributed by atoms with Gasteiger partial charge in [0.25, 0.3) is 0 Å². The summed E-state index contributed by atoms with van der Waals surface area (Å²) in [6.45, 7) is 0. The van der Waals surface area contributed by atoms with Crippen molar-refractivity contribution in [3.8, 4) is 17.0 Å². The zero-order chi connectivity index (χ0) is 17.1. The van der Waals surface area contributed by atoms with E-state index < -0.39 is 5.97 Å². The van der Waals surface area contributed by atoms with E-state index >= 15 is 0 Å². The lowest BCUT2D eigenvalue weighted by molar-refractivity contribution is 0.0601. The highest BCUT2D eigenvalue weighted by atomic mass is 35.5. The lowest BCUT2D eigenvalue weighted by atomic mass is 10.1. The minimum atomic E-state index is -0.401. The van der Waals surface area contributed by atoms with Crippen molar-refractivity contribution in [1.29, 1.82) is 0 Å². The van der Waals surface area contributed by atoms with E-state index in [0.29, 0.717) is 32.7 Å². The summed E-state index contributed by atoms with van der Waals surface area (Å²) in [6.07, 6.45) is 0. The fraction of sp³-hybridized carbons (Fsp3) is 0.0588. The Morgan fingerprint density at radius 3 is 2.92 bits per heavy atom. The van der Waals surface area contributed by atoms with Gasteiger partial charge in [0.05, 0.1) is 18.4 Å². The molecule has 0 unspecified atom stereocenters. The van der Waals surface area contributed by atoms with Crippen LogP contribution in [0.3, 0.4) is 0 Å². The van der Waals surface area contributed by atoms with Crippen molar-refractivity contribution in [1.82, 2.24) is 4.98 Å². The predicted molar refractivity (Wildman–Crippen MR) is 95.3 cm³/mol. The number of nitrogens with zero attached hydrogens (tertiary/aromatic N) is 1. The number of benzene rings is 2. The van der Waals surface area contributed by atoms with Gasteiger partial charge in [-0.1, -0.05) is 17.7 Å². The summed E-state index contributed by atoms with van der Waals surface area (Å²) in [5.41, 5.74) is 2.35. The molecule has 122 valence electrons. The first-order valence-corrected chi connectivity index (χ1v) is 8.22. The third-order valence-corrected chi connectivity index (χ3v) is 4.27. The Hall–Kier alpha value is -2.57. The fourth-order valence-electron chi connectivity index (χ4n) is 2.13. The van der Waals surface area contributed by atoms with E-state index in [2.05, 4.69) is 10.3 Å². The van der Waals surface area contributed by atoms with Crippen LogP contribution in [0.5, 0.6) is 5.75 Å². The average Bonchev–Trinajstić information content (AvgIpc) is 3.04. The number of rotatable bonds is 4.